The zero-order chi connectivity index (χ0) is 22.6. The van der Waals surface area contributed by atoms with Crippen molar-refractivity contribution in [3.8, 4) is 5.75 Å². The Labute approximate surface area is 182 Å². The normalized spacial score (nSPS) is 22.4. The Morgan fingerprint density at radius 3 is 2.17 bits per heavy atom. The summed E-state index contributed by atoms with van der Waals surface area (Å²) in [6.07, 6.45) is 1.68. The summed E-state index contributed by atoms with van der Waals surface area (Å²) < 4.78 is 0. The molecule has 2 N–H and O–H groups in total. The molecule has 0 radical (unpaired) electrons. The third-order valence-corrected chi connectivity index (χ3v) is 6.88. The molecule has 0 spiro atoms. The van der Waals surface area contributed by atoms with Gasteiger partial charge < -0.3 is 10.2 Å². The molecule has 0 bridgehead atoms. The number of phenols is 1. The first kappa shape index (κ1) is 22.4. The van der Waals surface area contributed by atoms with Crippen molar-refractivity contribution in [3.63, 3.8) is 0 Å². The van der Waals surface area contributed by atoms with Crippen molar-refractivity contribution < 1.29 is 19.8 Å². The van der Waals surface area contributed by atoms with E-state index in [2.05, 4.69) is 4.99 Å². The van der Waals surface area contributed by atoms with E-state index in [1.54, 1.807) is 13.1 Å². The Morgan fingerprint density at radius 1 is 1.17 bits per heavy atom. The number of benzene rings is 1. The lowest BCUT2D eigenvalue weighted by Gasteiger charge is -2.47. The summed E-state index contributed by atoms with van der Waals surface area (Å²) in [4.78, 5) is 30.1. The quantitative estimate of drug-likeness (QED) is 0.558. The number of hydrogen-bond donors (Lipinski definition) is 2. The van der Waals surface area contributed by atoms with E-state index in [9.17, 15) is 19.8 Å². The number of nitrogens with zero attached hydrogens (tertiary/aromatic N) is 2. The van der Waals surface area contributed by atoms with Gasteiger partial charge in [0, 0.05) is 23.1 Å². The molecule has 0 aromatic heterocycles. The van der Waals surface area contributed by atoms with Crippen LogP contribution in [0, 0.1) is 0 Å². The van der Waals surface area contributed by atoms with E-state index in [4.69, 9.17) is 0 Å². The van der Waals surface area contributed by atoms with Crippen LogP contribution in [0.4, 0.5) is 0 Å². The van der Waals surface area contributed by atoms with Crippen LogP contribution in [0.1, 0.15) is 65.2 Å². The highest BCUT2D eigenvalue weighted by Gasteiger charge is 2.53. The second-order valence-corrected chi connectivity index (χ2v) is 11.1. The number of phenolic OH excluding ortho intramolecular Hbond substituents is 1. The molecular formula is C23H30N2O4S. The zero-order valence-electron chi connectivity index (χ0n) is 18.6. The summed E-state index contributed by atoms with van der Waals surface area (Å²) in [5.41, 5.74) is 2.75. The number of thioether (sulfide) groups is 1. The lowest BCUT2D eigenvalue weighted by atomic mass is 9.78. The SMILES string of the molecule is CC1=C(C(=O)O)N2C(=O)[C@@H](/N=C/c3cc(C(C)(C)C)c(O)c(C(C)(C)C)c3)[C@H]2SC1. The zero-order valence-corrected chi connectivity index (χ0v) is 19.4. The number of fused-ring (bicyclic) bond motifs is 1. The van der Waals surface area contributed by atoms with E-state index >= 15 is 0 Å². The molecule has 0 unspecified atom stereocenters. The van der Waals surface area contributed by atoms with Crippen LogP contribution in [0.2, 0.25) is 0 Å². The van der Waals surface area contributed by atoms with Gasteiger partial charge in [0.15, 0.2) is 6.04 Å². The smallest absolute Gasteiger partial charge is 0.352 e. The molecule has 30 heavy (non-hydrogen) atoms. The molecule has 1 fully saturated rings. The molecule has 2 atom stereocenters. The fourth-order valence-electron chi connectivity index (χ4n) is 3.80. The van der Waals surface area contributed by atoms with Gasteiger partial charge in [0.2, 0.25) is 0 Å². The van der Waals surface area contributed by atoms with Crippen molar-refractivity contribution in [2.24, 2.45) is 4.99 Å². The van der Waals surface area contributed by atoms with Gasteiger partial charge in [-0.05, 0) is 41.0 Å². The average Bonchev–Trinajstić information content (AvgIpc) is 2.60. The summed E-state index contributed by atoms with van der Waals surface area (Å²) in [5, 5.41) is 20.0. The van der Waals surface area contributed by atoms with Crippen LogP contribution in [-0.2, 0) is 20.4 Å². The van der Waals surface area contributed by atoms with Gasteiger partial charge in [-0.1, -0.05) is 41.5 Å². The Kier molecular flexibility index (Phi) is 5.56. The highest BCUT2D eigenvalue weighted by atomic mass is 32.2. The minimum Gasteiger partial charge on any atom is -0.507 e. The van der Waals surface area contributed by atoms with Gasteiger partial charge in [-0.15, -0.1) is 11.8 Å². The van der Waals surface area contributed by atoms with Gasteiger partial charge in [-0.2, -0.15) is 0 Å². The number of rotatable bonds is 3. The Hall–Kier alpha value is -2.28. The first-order valence-electron chi connectivity index (χ1n) is 10.0. The summed E-state index contributed by atoms with van der Waals surface area (Å²) in [5.74, 6) is -0.487. The number of hydrogen-bond acceptors (Lipinski definition) is 5. The first-order valence-corrected chi connectivity index (χ1v) is 11.1. The molecule has 2 heterocycles. The molecule has 1 aromatic rings. The molecule has 0 saturated carbocycles. The molecule has 1 saturated heterocycles. The number of carboxylic acid groups (broad SMARTS) is 1. The largest absolute Gasteiger partial charge is 0.507 e. The van der Waals surface area contributed by atoms with Crippen molar-refractivity contribution in [1.82, 2.24) is 4.90 Å². The number of carboxylic acids is 1. The number of carbonyl (C=O) groups is 2. The van der Waals surface area contributed by atoms with Crippen molar-refractivity contribution in [3.05, 3.63) is 40.1 Å². The average molecular weight is 431 g/mol. The maximum Gasteiger partial charge on any atom is 0.352 e. The standard InChI is InChI=1S/C23H30N2O4S/c1-12-11-30-20-16(19(27)25(20)17(12)21(28)29)24-10-13-8-14(22(2,3)4)18(26)15(9-13)23(5,6)7/h8-10,16,20,26H,11H2,1-7H3,(H,28,29)/b24-10+/t16-,20-/m1/s1. The first-order chi connectivity index (χ1) is 13.7. The molecule has 6 nitrogen and oxygen atoms in total. The Bertz CT molecular complexity index is 931. The van der Waals surface area contributed by atoms with E-state index in [-0.39, 0.29) is 27.8 Å². The van der Waals surface area contributed by atoms with Gasteiger partial charge in [-0.25, -0.2) is 4.79 Å². The van der Waals surface area contributed by atoms with Crippen LogP contribution in [0.5, 0.6) is 5.75 Å². The second kappa shape index (κ2) is 7.45. The van der Waals surface area contributed by atoms with E-state index in [1.165, 1.54) is 16.7 Å². The third-order valence-electron chi connectivity index (χ3n) is 5.47. The third kappa shape index (κ3) is 3.87. The summed E-state index contributed by atoms with van der Waals surface area (Å²) in [6.45, 7) is 14.0. The van der Waals surface area contributed by atoms with Crippen LogP contribution in [0.3, 0.4) is 0 Å². The van der Waals surface area contributed by atoms with E-state index < -0.39 is 12.0 Å². The van der Waals surface area contributed by atoms with Gasteiger partial charge in [0.05, 0.1) is 0 Å². The number of aliphatic carboxylic acids is 1. The molecule has 0 aliphatic carbocycles. The van der Waals surface area contributed by atoms with E-state index in [1.807, 2.05) is 53.7 Å². The molecule has 2 aliphatic heterocycles. The monoisotopic (exact) mass is 430 g/mol. The Morgan fingerprint density at radius 2 is 1.70 bits per heavy atom. The highest BCUT2D eigenvalue weighted by molar-refractivity contribution is 8.00. The maximum atomic E-state index is 12.6. The minimum absolute atomic E-state index is 0.0878. The van der Waals surface area contributed by atoms with Gasteiger partial charge in [0.1, 0.15) is 16.8 Å². The lowest BCUT2D eigenvalue weighted by Crippen LogP contribution is -2.64. The number of carbonyl (C=O) groups excluding carboxylic acids is 1. The van der Waals surface area contributed by atoms with Crippen molar-refractivity contribution >= 4 is 29.9 Å². The molecule has 3 rings (SSSR count). The van der Waals surface area contributed by atoms with Crippen LogP contribution < -0.4 is 0 Å². The van der Waals surface area contributed by atoms with Crippen LogP contribution in [0.25, 0.3) is 0 Å². The predicted molar refractivity (Wildman–Crippen MR) is 120 cm³/mol. The second-order valence-electron chi connectivity index (χ2n) is 10.0. The van der Waals surface area contributed by atoms with Crippen LogP contribution in [-0.4, -0.2) is 50.4 Å². The van der Waals surface area contributed by atoms with E-state index in [0.717, 1.165) is 16.7 Å². The van der Waals surface area contributed by atoms with Crippen molar-refractivity contribution in [1.29, 1.82) is 0 Å². The lowest BCUT2D eigenvalue weighted by molar-refractivity contribution is -0.147. The van der Waals surface area contributed by atoms with Crippen molar-refractivity contribution in [2.45, 2.75) is 70.7 Å². The Balaban J connectivity index is 1.94. The number of aromatic hydroxyl groups is 1. The van der Waals surface area contributed by atoms with Gasteiger partial charge in [-0.3, -0.25) is 14.7 Å². The van der Waals surface area contributed by atoms with E-state index in [0.29, 0.717) is 17.1 Å². The summed E-state index contributed by atoms with van der Waals surface area (Å²) in [6, 6.07) is 3.23. The van der Waals surface area contributed by atoms with Crippen LogP contribution in [0.15, 0.2) is 28.4 Å². The maximum absolute atomic E-state index is 12.6. The molecule has 2 aliphatic rings. The van der Waals surface area contributed by atoms with Gasteiger partial charge in [0.25, 0.3) is 5.91 Å². The summed E-state index contributed by atoms with van der Waals surface area (Å²) >= 11 is 1.54. The molecular weight excluding hydrogens is 400 g/mol. The van der Waals surface area contributed by atoms with Crippen molar-refractivity contribution in [2.75, 3.05) is 5.75 Å². The molecule has 1 amide bonds. The van der Waals surface area contributed by atoms with Crippen LogP contribution >= 0.6 is 11.8 Å². The minimum atomic E-state index is -1.07. The number of amides is 1. The number of aliphatic imine (C=N–C) groups is 1. The fourth-order valence-corrected chi connectivity index (χ4v) is 5.09. The molecule has 7 heteroatoms. The highest BCUT2D eigenvalue weighted by Crippen LogP contribution is 2.42. The summed E-state index contributed by atoms with van der Waals surface area (Å²) in [7, 11) is 0. The molecule has 1 aromatic carbocycles. The number of β-lactam (4-membered cyclic amide) rings is 1. The topological polar surface area (TPSA) is 90.2 Å². The fraction of sp³-hybridized carbons (Fsp3) is 0.522. The predicted octanol–water partition coefficient (Wildman–Crippen LogP) is 4.05. The molecule has 162 valence electrons. The van der Waals surface area contributed by atoms with Gasteiger partial charge >= 0.3 is 5.97 Å².